The molecule has 2 fully saturated rings. The molecule has 80 heavy (non-hydrogen) atoms. The van der Waals surface area contributed by atoms with Gasteiger partial charge in [-0.1, -0.05) is 13.8 Å². The molecule has 33 heteroatoms. The predicted molar refractivity (Wildman–Crippen MR) is 293 cm³/mol. The minimum Gasteiger partial charge on any atom is -0.480 e. The van der Waals surface area contributed by atoms with Crippen molar-refractivity contribution in [1.82, 2.24) is 52.3 Å². The van der Waals surface area contributed by atoms with Gasteiger partial charge in [-0.3, -0.25) is 57.9 Å². The molecule has 0 unspecified atom stereocenters. The monoisotopic (exact) mass is 1160 g/mol. The molecule has 0 saturated carbocycles. The quantitative estimate of drug-likeness (QED) is 0.0120. The summed E-state index contributed by atoms with van der Waals surface area (Å²) in [5.74, 6) is -10.1. The Morgan fingerprint density at radius 3 is 1.51 bits per heavy atom. The van der Waals surface area contributed by atoms with Gasteiger partial charge in [0.1, 0.15) is 48.3 Å². The fraction of sp³-hybridized carbons (Fsp3) is 0.723. The predicted octanol–water partition coefficient (Wildman–Crippen LogP) is -8.28. The van der Waals surface area contributed by atoms with Crippen LogP contribution in [0.5, 0.6) is 0 Å². The van der Waals surface area contributed by atoms with Crippen molar-refractivity contribution < 1.29 is 68.1 Å². The molecule has 10 amide bonds. The maximum atomic E-state index is 14.5. The van der Waals surface area contributed by atoms with Gasteiger partial charge in [0.15, 0.2) is 11.9 Å². The van der Waals surface area contributed by atoms with Crippen LogP contribution in [0.2, 0.25) is 0 Å². The number of guanidine groups is 2. The molecule has 0 bridgehead atoms. The zero-order valence-electron chi connectivity index (χ0n) is 45.4. The fourth-order valence-corrected chi connectivity index (χ4v) is 8.76. The number of unbranched alkanes of at least 4 members (excludes halogenated alkanes) is 1. The van der Waals surface area contributed by atoms with Gasteiger partial charge in [-0.2, -0.15) is 12.6 Å². The highest BCUT2D eigenvalue weighted by Gasteiger charge is 2.42. The van der Waals surface area contributed by atoms with Crippen molar-refractivity contribution in [1.29, 1.82) is 0 Å². The summed E-state index contributed by atoms with van der Waals surface area (Å²) in [6.45, 7) is 0.809. The van der Waals surface area contributed by atoms with E-state index in [4.69, 9.17) is 34.4 Å². The zero-order valence-corrected chi connectivity index (χ0v) is 46.3. The van der Waals surface area contributed by atoms with E-state index >= 15 is 0 Å². The zero-order chi connectivity index (χ0) is 60.1. The molecule has 9 atom stereocenters. The molecule has 0 aromatic rings. The smallest absolute Gasteiger partial charge is 0.326 e. The van der Waals surface area contributed by atoms with Gasteiger partial charge in [0.2, 0.25) is 59.1 Å². The third kappa shape index (κ3) is 24.1. The number of nitrogens with one attached hydrogen (secondary N) is 8. The van der Waals surface area contributed by atoms with E-state index in [2.05, 4.69) is 65.1 Å². The van der Waals surface area contributed by atoms with Crippen molar-refractivity contribution in [3.05, 3.63) is 0 Å². The molecule has 32 nitrogen and oxygen atoms in total. The summed E-state index contributed by atoms with van der Waals surface area (Å²) in [6.07, 6.45) is 2.06. The summed E-state index contributed by atoms with van der Waals surface area (Å²) in [6, 6.07) is -12.0. The lowest BCUT2D eigenvalue weighted by Gasteiger charge is -2.32. The summed E-state index contributed by atoms with van der Waals surface area (Å²) in [4.78, 5) is 157. The number of aliphatic carboxylic acids is 1. The van der Waals surface area contributed by atoms with E-state index in [0.717, 1.165) is 0 Å². The number of hydrogen-bond acceptors (Lipinski definition) is 18. The number of nitrogens with two attached hydrogens (primary N) is 6. The Kier molecular flexibility index (Phi) is 31.2. The summed E-state index contributed by atoms with van der Waals surface area (Å²) >= 11 is 3.91. The summed E-state index contributed by atoms with van der Waals surface area (Å²) in [5.41, 5.74) is 33.2. The first-order chi connectivity index (χ1) is 37.9. The van der Waals surface area contributed by atoms with Crippen molar-refractivity contribution >= 4 is 89.6 Å². The van der Waals surface area contributed by atoms with Crippen LogP contribution >= 0.6 is 12.6 Å². The molecule has 452 valence electrons. The maximum absolute atomic E-state index is 14.5. The molecular formula is C47H84N18O14S. The van der Waals surface area contributed by atoms with Crippen LogP contribution in [0.25, 0.3) is 0 Å². The molecule has 2 saturated heterocycles. The van der Waals surface area contributed by atoms with E-state index in [-0.39, 0.29) is 114 Å². The van der Waals surface area contributed by atoms with Gasteiger partial charge < -0.3 is 102 Å². The van der Waals surface area contributed by atoms with E-state index in [0.29, 0.717) is 19.3 Å². The van der Waals surface area contributed by atoms with Crippen LogP contribution in [-0.2, 0) is 52.7 Å². The number of likely N-dealkylation sites (tertiary alicyclic amines) is 2. The topological polar surface area (TPSA) is 532 Å². The molecule has 0 aliphatic carbocycles. The minimum absolute atomic E-state index is 0.0237. The van der Waals surface area contributed by atoms with E-state index < -0.39 is 146 Å². The Bertz CT molecular complexity index is 2180. The third-order valence-corrected chi connectivity index (χ3v) is 13.1. The number of aliphatic imine (C=N–C) groups is 2. The van der Waals surface area contributed by atoms with Crippen molar-refractivity contribution in [3.63, 3.8) is 0 Å². The highest BCUT2D eigenvalue weighted by atomic mass is 32.1. The first kappa shape index (κ1) is 69.0. The van der Waals surface area contributed by atoms with E-state index in [1.54, 1.807) is 13.8 Å². The molecule has 2 aliphatic heterocycles. The molecule has 2 aliphatic rings. The summed E-state index contributed by atoms with van der Waals surface area (Å²) < 4.78 is 0. The largest absolute Gasteiger partial charge is 0.480 e. The number of carboxylic acids is 1. The number of nitrogens with zero attached hydrogens (tertiary/aromatic N) is 4. The first-order valence-electron chi connectivity index (χ1n) is 26.5. The van der Waals surface area contributed by atoms with Gasteiger partial charge in [-0.25, -0.2) is 4.79 Å². The number of rotatable bonds is 36. The average Bonchev–Trinajstić information content (AvgIpc) is 4.12. The van der Waals surface area contributed by atoms with Crippen LogP contribution in [0.15, 0.2) is 9.98 Å². The second-order valence-corrected chi connectivity index (χ2v) is 20.0. The molecule has 23 N–H and O–H groups in total. The summed E-state index contributed by atoms with van der Waals surface area (Å²) in [7, 11) is 0. The third-order valence-electron chi connectivity index (χ3n) is 12.8. The number of aliphatic hydroxyl groups is 2. The van der Waals surface area contributed by atoms with E-state index in [1.807, 2.05) is 0 Å². The van der Waals surface area contributed by atoms with Crippen molar-refractivity contribution in [2.45, 2.75) is 145 Å². The number of aliphatic hydroxyl groups excluding tert-OH is 2. The molecule has 0 spiro atoms. The SMILES string of the molecule is CC(C)C[C@H](NC(=O)CNC(=O)CNC(=O)[C@@H](N)CS)C(=O)N[C@@H](CO)C(=O)N[C@@H](CO)C(=O)N[C@@H](CCCCN)C(=O)N[C@@H](CCCN=C(N)N)C(=O)N1CCC[C@H]1C(=O)N[C@@H](CCCN=C(N)N)C(=O)N1CCC[C@H]1C(=O)O. The van der Waals surface area contributed by atoms with Crippen LogP contribution in [-0.4, -0.2) is 221 Å². The Labute approximate surface area is 469 Å². The van der Waals surface area contributed by atoms with Crippen molar-refractivity contribution in [3.8, 4) is 0 Å². The number of carboxylic acid groups (broad SMARTS) is 1. The van der Waals surface area contributed by atoms with Gasteiger partial charge in [-0.05, 0) is 89.5 Å². The lowest BCUT2D eigenvalue weighted by Crippen LogP contribution is -2.61. The lowest BCUT2D eigenvalue weighted by atomic mass is 10.0. The summed E-state index contributed by atoms with van der Waals surface area (Å²) in [5, 5.41) is 49.7. The van der Waals surface area contributed by atoms with Gasteiger partial charge in [0, 0.05) is 31.9 Å². The highest BCUT2D eigenvalue weighted by molar-refractivity contribution is 7.80. The molecular weight excluding hydrogens is 1070 g/mol. The van der Waals surface area contributed by atoms with Crippen molar-refractivity contribution in [2.24, 2.45) is 50.3 Å². The van der Waals surface area contributed by atoms with Gasteiger partial charge >= 0.3 is 5.97 Å². The lowest BCUT2D eigenvalue weighted by molar-refractivity contribution is -0.150. The molecule has 2 rings (SSSR count). The van der Waals surface area contributed by atoms with Gasteiger partial charge in [0.25, 0.3) is 0 Å². The number of hydrogen-bond donors (Lipinski definition) is 18. The second-order valence-electron chi connectivity index (χ2n) is 19.6. The van der Waals surface area contributed by atoms with Crippen molar-refractivity contribution in [2.75, 3.05) is 64.8 Å². The van der Waals surface area contributed by atoms with Crippen LogP contribution < -0.4 is 76.9 Å². The number of carbonyl (C=O) groups excluding carboxylic acids is 10. The normalized spacial score (nSPS) is 17.4. The molecule has 0 aromatic heterocycles. The highest BCUT2D eigenvalue weighted by Crippen LogP contribution is 2.23. The van der Waals surface area contributed by atoms with E-state index in [1.165, 1.54) is 9.80 Å². The van der Waals surface area contributed by atoms with Gasteiger partial charge in [0.05, 0.1) is 32.3 Å². The molecule has 0 radical (unpaired) electrons. The molecule has 2 heterocycles. The Hall–Kier alpha value is -7.10. The Morgan fingerprint density at radius 2 is 1.02 bits per heavy atom. The standard InChI is InChI=1S/C47H84N18O14S/c1-25(2)19-30(58-36(69)21-56-35(68)20-57-37(70)26(49)24-80)39(72)62-32(23-67)41(74)63-31(22-66)40(73)59-27(9-3-4-14-48)38(71)60-28(10-5-15-54-46(50)51)43(76)64-17-7-12-33(64)42(75)61-29(11-6-16-55-47(52)53)44(77)65-18-8-13-34(65)45(78)79/h25-34,66-67,80H,3-24,48-49H2,1-2H3,(H,56,68)(H,57,70)(H,58,69)(H,59,73)(H,60,71)(H,61,75)(H,62,72)(H,63,74)(H,78,79)(H4,50,51,54)(H4,52,53,55)/t26-,27-,28-,29-,30-,31-,32-,33-,34-/m0/s1. The average molecular weight is 1160 g/mol. The van der Waals surface area contributed by atoms with Gasteiger partial charge in [-0.15, -0.1) is 0 Å². The van der Waals surface area contributed by atoms with Crippen LogP contribution in [0, 0.1) is 5.92 Å². The van der Waals surface area contributed by atoms with Crippen LogP contribution in [0.3, 0.4) is 0 Å². The molecule has 0 aromatic carbocycles. The second kappa shape index (κ2) is 36.2. The number of thiol groups is 1. The van der Waals surface area contributed by atoms with E-state index in [9.17, 15) is 68.1 Å². The maximum Gasteiger partial charge on any atom is 0.326 e. The Morgan fingerprint density at radius 1 is 0.575 bits per heavy atom. The van der Waals surface area contributed by atoms with Crippen LogP contribution in [0.1, 0.15) is 90.9 Å². The first-order valence-corrected chi connectivity index (χ1v) is 27.1. The fourth-order valence-electron chi connectivity index (χ4n) is 8.59. The van der Waals surface area contributed by atoms with Crippen LogP contribution in [0.4, 0.5) is 0 Å². The number of amides is 10. The Balaban J connectivity index is 2.30. The number of carbonyl (C=O) groups is 11. The minimum atomic E-state index is -1.78.